The molecule has 0 radical (unpaired) electrons. The molecule has 3 aromatic rings. The van der Waals surface area contributed by atoms with Crippen molar-refractivity contribution in [2.24, 2.45) is 0 Å². The molecule has 0 spiro atoms. The number of rotatable bonds is 6. The topological polar surface area (TPSA) is 73.4 Å². The van der Waals surface area contributed by atoms with Crippen LogP contribution < -0.4 is 20.4 Å². The lowest BCUT2D eigenvalue weighted by Gasteiger charge is -2.13. The second-order valence-electron chi connectivity index (χ2n) is 6.77. The van der Waals surface area contributed by atoms with E-state index in [4.69, 9.17) is 0 Å². The fourth-order valence-corrected chi connectivity index (χ4v) is 2.55. The maximum Gasteiger partial charge on any atom is 0.276 e. The van der Waals surface area contributed by atoms with Crippen LogP contribution >= 0.6 is 0 Å². The van der Waals surface area contributed by atoms with Crippen LogP contribution in [0.1, 0.15) is 10.5 Å². The van der Waals surface area contributed by atoms with Crippen LogP contribution in [0, 0.1) is 0 Å². The van der Waals surface area contributed by atoms with Gasteiger partial charge in [0, 0.05) is 50.9 Å². The third-order valence-corrected chi connectivity index (χ3v) is 4.19. The molecule has 0 aliphatic carbocycles. The van der Waals surface area contributed by atoms with Crippen molar-refractivity contribution >= 4 is 34.5 Å². The SMILES string of the molecule is CN(C)c1ccc(NC(=O)c2ccc(Nc3ccc(N(C)C)cc3)nn2)cc1. The molecule has 0 saturated carbocycles. The lowest BCUT2D eigenvalue weighted by Crippen LogP contribution is -2.15. The van der Waals surface area contributed by atoms with Gasteiger partial charge in [-0.3, -0.25) is 4.79 Å². The molecule has 0 fully saturated rings. The van der Waals surface area contributed by atoms with E-state index in [0.29, 0.717) is 11.5 Å². The Bertz CT molecular complexity index is 919. The zero-order valence-corrected chi connectivity index (χ0v) is 16.5. The minimum atomic E-state index is -0.299. The Morgan fingerprint density at radius 2 is 1.25 bits per heavy atom. The van der Waals surface area contributed by atoms with E-state index in [0.717, 1.165) is 17.1 Å². The predicted molar refractivity (Wildman–Crippen MR) is 115 cm³/mol. The summed E-state index contributed by atoms with van der Waals surface area (Å²) in [7, 11) is 7.92. The fraction of sp³-hybridized carbons (Fsp3) is 0.190. The van der Waals surface area contributed by atoms with Gasteiger partial charge < -0.3 is 20.4 Å². The number of carbonyl (C=O) groups excluding carboxylic acids is 1. The molecular formula is C21H24N6O. The van der Waals surface area contributed by atoms with Gasteiger partial charge in [0.05, 0.1) is 0 Å². The number of carbonyl (C=O) groups is 1. The maximum absolute atomic E-state index is 12.4. The van der Waals surface area contributed by atoms with Crippen molar-refractivity contribution in [2.75, 3.05) is 48.6 Å². The van der Waals surface area contributed by atoms with E-state index in [9.17, 15) is 4.79 Å². The quantitative estimate of drug-likeness (QED) is 0.685. The number of amides is 1. The van der Waals surface area contributed by atoms with Crippen LogP contribution in [0.25, 0.3) is 0 Å². The van der Waals surface area contributed by atoms with Gasteiger partial charge in [0.25, 0.3) is 5.91 Å². The summed E-state index contributed by atoms with van der Waals surface area (Å²) in [6.45, 7) is 0. The van der Waals surface area contributed by atoms with Crippen molar-refractivity contribution < 1.29 is 4.79 Å². The summed E-state index contributed by atoms with van der Waals surface area (Å²) in [5, 5.41) is 14.1. The third kappa shape index (κ3) is 4.76. The Labute approximate surface area is 165 Å². The van der Waals surface area contributed by atoms with Crippen molar-refractivity contribution in [3.8, 4) is 0 Å². The Kier molecular flexibility index (Phi) is 5.74. The van der Waals surface area contributed by atoms with Gasteiger partial charge in [-0.2, -0.15) is 0 Å². The molecule has 144 valence electrons. The van der Waals surface area contributed by atoms with Crippen LogP contribution in [-0.2, 0) is 0 Å². The summed E-state index contributed by atoms with van der Waals surface area (Å²) in [5.74, 6) is 0.275. The minimum absolute atomic E-state index is 0.255. The first-order valence-electron chi connectivity index (χ1n) is 8.89. The van der Waals surface area contributed by atoms with Gasteiger partial charge in [0.1, 0.15) is 0 Å². The average molecular weight is 376 g/mol. The Morgan fingerprint density at radius 1 is 0.714 bits per heavy atom. The molecule has 0 aliphatic heterocycles. The predicted octanol–water partition coefficient (Wildman–Crippen LogP) is 3.60. The molecule has 0 bridgehead atoms. The van der Waals surface area contributed by atoms with E-state index in [1.165, 1.54) is 0 Å². The normalized spacial score (nSPS) is 10.3. The van der Waals surface area contributed by atoms with Gasteiger partial charge in [0.2, 0.25) is 0 Å². The zero-order valence-electron chi connectivity index (χ0n) is 16.5. The van der Waals surface area contributed by atoms with E-state index >= 15 is 0 Å². The molecular weight excluding hydrogens is 352 g/mol. The van der Waals surface area contributed by atoms with Gasteiger partial charge in [-0.1, -0.05) is 0 Å². The second kappa shape index (κ2) is 8.39. The number of hydrogen-bond acceptors (Lipinski definition) is 6. The molecule has 3 rings (SSSR count). The van der Waals surface area contributed by atoms with E-state index in [-0.39, 0.29) is 11.6 Å². The lowest BCUT2D eigenvalue weighted by atomic mass is 10.2. The number of aromatic nitrogens is 2. The Morgan fingerprint density at radius 3 is 1.71 bits per heavy atom. The van der Waals surface area contributed by atoms with Gasteiger partial charge in [0.15, 0.2) is 11.5 Å². The first-order valence-corrected chi connectivity index (χ1v) is 8.89. The zero-order chi connectivity index (χ0) is 20.1. The second-order valence-corrected chi connectivity index (χ2v) is 6.77. The molecule has 0 saturated heterocycles. The highest BCUT2D eigenvalue weighted by molar-refractivity contribution is 6.02. The monoisotopic (exact) mass is 376 g/mol. The van der Waals surface area contributed by atoms with Crippen LogP contribution in [-0.4, -0.2) is 44.3 Å². The fourth-order valence-electron chi connectivity index (χ4n) is 2.55. The molecule has 1 amide bonds. The maximum atomic E-state index is 12.4. The van der Waals surface area contributed by atoms with Gasteiger partial charge in [-0.15, -0.1) is 10.2 Å². The largest absolute Gasteiger partial charge is 0.378 e. The molecule has 0 unspecified atom stereocenters. The highest BCUT2D eigenvalue weighted by atomic mass is 16.1. The van der Waals surface area contributed by atoms with Crippen molar-refractivity contribution in [1.29, 1.82) is 0 Å². The summed E-state index contributed by atoms with van der Waals surface area (Å²) in [4.78, 5) is 16.4. The average Bonchev–Trinajstić information content (AvgIpc) is 2.69. The summed E-state index contributed by atoms with van der Waals surface area (Å²) in [5.41, 5.74) is 4.04. The van der Waals surface area contributed by atoms with E-state index in [1.54, 1.807) is 12.1 Å². The van der Waals surface area contributed by atoms with Gasteiger partial charge in [-0.05, 0) is 60.7 Å². The highest BCUT2D eigenvalue weighted by Crippen LogP contribution is 2.19. The summed E-state index contributed by atoms with van der Waals surface area (Å²) < 4.78 is 0. The van der Waals surface area contributed by atoms with Gasteiger partial charge >= 0.3 is 0 Å². The van der Waals surface area contributed by atoms with Gasteiger partial charge in [-0.25, -0.2) is 0 Å². The standard InChI is InChI=1S/C21H24N6O/c1-26(2)17-9-5-15(6-10-17)22-20-14-13-19(24-25-20)21(28)23-16-7-11-18(12-8-16)27(3)4/h5-14H,1-4H3,(H,22,25)(H,23,28). The molecule has 2 N–H and O–H groups in total. The molecule has 28 heavy (non-hydrogen) atoms. The first-order chi connectivity index (χ1) is 13.4. The Balaban J connectivity index is 1.62. The van der Waals surface area contributed by atoms with Crippen LogP contribution in [0.15, 0.2) is 60.7 Å². The van der Waals surface area contributed by atoms with Crippen LogP contribution in [0.5, 0.6) is 0 Å². The molecule has 1 aromatic heterocycles. The molecule has 7 heteroatoms. The molecule has 2 aromatic carbocycles. The minimum Gasteiger partial charge on any atom is -0.378 e. The van der Waals surface area contributed by atoms with Crippen LogP contribution in [0.4, 0.5) is 28.6 Å². The molecule has 7 nitrogen and oxygen atoms in total. The third-order valence-electron chi connectivity index (χ3n) is 4.19. The summed E-state index contributed by atoms with van der Waals surface area (Å²) >= 11 is 0. The van der Waals surface area contributed by atoms with Crippen LogP contribution in [0.3, 0.4) is 0 Å². The first kappa shape index (κ1) is 19.2. The highest BCUT2D eigenvalue weighted by Gasteiger charge is 2.09. The van der Waals surface area contributed by atoms with Crippen LogP contribution in [0.2, 0.25) is 0 Å². The summed E-state index contributed by atoms with van der Waals surface area (Å²) in [6.07, 6.45) is 0. The Hall–Kier alpha value is -3.61. The van der Waals surface area contributed by atoms with E-state index in [1.807, 2.05) is 86.5 Å². The van der Waals surface area contributed by atoms with Crippen molar-refractivity contribution in [3.05, 3.63) is 66.4 Å². The van der Waals surface area contributed by atoms with Crippen molar-refractivity contribution in [3.63, 3.8) is 0 Å². The number of anilines is 5. The number of nitrogens with one attached hydrogen (secondary N) is 2. The van der Waals surface area contributed by atoms with Crippen molar-refractivity contribution in [1.82, 2.24) is 10.2 Å². The molecule has 0 aliphatic rings. The van der Waals surface area contributed by atoms with Crippen molar-refractivity contribution in [2.45, 2.75) is 0 Å². The molecule has 1 heterocycles. The number of hydrogen-bond donors (Lipinski definition) is 2. The number of benzene rings is 2. The molecule has 0 atom stereocenters. The smallest absolute Gasteiger partial charge is 0.276 e. The van der Waals surface area contributed by atoms with E-state index in [2.05, 4.69) is 20.8 Å². The van der Waals surface area contributed by atoms with E-state index < -0.39 is 0 Å². The lowest BCUT2D eigenvalue weighted by molar-refractivity contribution is 0.102. The summed E-state index contributed by atoms with van der Waals surface area (Å²) in [6, 6.07) is 18.9. The number of nitrogens with zero attached hydrogens (tertiary/aromatic N) is 4.